The van der Waals surface area contributed by atoms with Crippen molar-refractivity contribution in [2.45, 2.75) is 19.1 Å². The second-order valence-electron chi connectivity index (χ2n) is 3.60. The third kappa shape index (κ3) is 3.03. The first-order chi connectivity index (χ1) is 7.68. The highest BCUT2D eigenvalue weighted by molar-refractivity contribution is 6.04. The molecule has 1 aliphatic heterocycles. The Morgan fingerprint density at radius 3 is 2.47 bits per heavy atom. The van der Waals surface area contributed by atoms with Crippen molar-refractivity contribution in [3.63, 3.8) is 0 Å². The lowest BCUT2D eigenvalue weighted by Gasteiger charge is -2.13. The first-order valence-electron chi connectivity index (χ1n) is 4.97. The molecule has 5 nitrogen and oxygen atoms in total. The van der Waals surface area contributed by atoms with Crippen LogP contribution in [0.4, 0.5) is 0 Å². The van der Waals surface area contributed by atoms with Crippen molar-refractivity contribution < 1.29 is 14.4 Å². The zero-order valence-corrected chi connectivity index (χ0v) is 9.85. The van der Waals surface area contributed by atoms with Crippen molar-refractivity contribution in [2.75, 3.05) is 0 Å². The Kier molecular flexibility index (Phi) is 4.62. The number of hydrogen-bond donors (Lipinski definition) is 1. The molecule has 17 heavy (non-hydrogen) atoms. The van der Waals surface area contributed by atoms with Gasteiger partial charge in [-0.05, 0) is 5.56 Å². The van der Waals surface area contributed by atoms with Crippen LogP contribution >= 0.6 is 12.4 Å². The molecule has 2 N–H and O–H groups in total. The van der Waals surface area contributed by atoms with Gasteiger partial charge in [0.15, 0.2) is 0 Å². The van der Waals surface area contributed by atoms with Crippen LogP contribution in [0.2, 0.25) is 0 Å². The van der Waals surface area contributed by atoms with E-state index in [-0.39, 0.29) is 31.3 Å². The van der Waals surface area contributed by atoms with Crippen molar-refractivity contribution in [2.24, 2.45) is 5.73 Å². The maximum atomic E-state index is 11.4. The molecule has 1 atom stereocenters. The second kappa shape index (κ2) is 5.77. The highest BCUT2D eigenvalue weighted by Gasteiger charge is 2.37. The van der Waals surface area contributed by atoms with E-state index in [4.69, 9.17) is 10.6 Å². The molecule has 6 heteroatoms. The maximum absolute atomic E-state index is 11.4. The van der Waals surface area contributed by atoms with Crippen LogP contribution in [-0.2, 0) is 21.0 Å². The number of benzene rings is 1. The van der Waals surface area contributed by atoms with Crippen molar-refractivity contribution in [1.29, 1.82) is 0 Å². The molecule has 0 aliphatic carbocycles. The molecule has 0 bridgehead atoms. The van der Waals surface area contributed by atoms with Crippen molar-refractivity contribution in [3.8, 4) is 0 Å². The summed E-state index contributed by atoms with van der Waals surface area (Å²) in [6.07, 6.45) is 0.0215. The molecule has 0 radical (unpaired) electrons. The monoisotopic (exact) mass is 256 g/mol. The Morgan fingerprint density at radius 2 is 1.94 bits per heavy atom. The maximum Gasteiger partial charge on any atom is 0.270 e. The smallest absolute Gasteiger partial charge is 0.270 e. The number of carbonyl (C=O) groups excluding carboxylic acids is 2. The lowest BCUT2D eigenvalue weighted by atomic mass is 10.2. The number of hydrogen-bond acceptors (Lipinski definition) is 4. The van der Waals surface area contributed by atoms with Gasteiger partial charge >= 0.3 is 0 Å². The largest absolute Gasteiger partial charge is 0.319 e. The van der Waals surface area contributed by atoms with Crippen LogP contribution in [0.1, 0.15) is 12.0 Å². The summed E-state index contributed by atoms with van der Waals surface area (Å²) in [5.41, 5.74) is 6.33. The summed E-state index contributed by atoms with van der Waals surface area (Å²) in [7, 11) is 0. The third-order valence-electron chi connectivity index (χ3n) is 2.34. The predicted molar refractivity (Wildman–Crippen MR) is 62.9 cm³/mol. The number of carbonyl (C=O) groups is 2. The Balaban J connectivity index is 0.00000144. The van der Waals surface area contributed by atoms with Crippen LogP contribution < -0.4 is 5.73 Å². The highest BCUT2D eigenvalue weighted by Crippen LogP contribution is 2.13. The van der Waals surface area contributed by atoms with Crippen LogP contribution in [0.15, 0.2) is 30.3 Å². The molecule has 1 aliphatic rings. The van der Waals surface area contributed by atoms with Gasteiger partial charge < -0.3 is 5.73 Å². The average Bonchev–Trinajstić information content (AvgIpc) is 2.53. The van der Waals surface area contributed by atoms with E-state index in [0.717, 1.165) is 10.6 Å². The molecule has 92 valence electrons. The number of amides is 2. The van der Waals surface area contributed by atoms with Crippen molar-refractivity contribution in [3.05, 3.63) is 35.9 Å². The van der Waals surface area contributed by atoms with E-state index in [0.29, 0.717) is 0 Å². The van der Waals surface area contributed by atoms with Crippen molar-refractivity contribution in [1.82, 2.24) is 5.06 Å². The first kappa shape index (κ1) is 13.6. The summed E-state index contributed by atoms with van der Waals surface area (Å²) in [5.74, 6) is -0.852. The van der Waals surface area contributed by atoms with Gasteiger partial charge in [0.1, 0.15) is 6.61 Å². The minimum Gasteiger partial charge on any atom is -0.319 e. The number of halogens is 1. The molecule has 0 spiro atoms. The fourth-order valence-corrected chi connectivity index (χ4v) is 1.48. The van der Waals surface area contributed by atoms with Gasteiger partial charge in [-0.15, -0.1) is 12.4 Å². The molecule has 0 aromatic heterocycles. The summed E-state index contributed by atoms with van der Waals surface area (Å²) in [4.78, 5) is 27.8. The average molecular weight is 257 g/mol. The minimum atomic E-state index is -0.761. The number of nitrogens with zero attached hydrogens (tertiary/aromatic N) is 1. The van der Waals surface area contributed by atoms with E-state index in [2.05, 4.69) is 0 Å². The Labute approximate surface area is 105 Å². The Morgan fingerprint density at radius 1 is 1.29 bits per heavy atom. The Bertz CT molecular complexity index is 410. The van der Waals surface area contributed by atoms with Gasteiger partial charge in [0.25, 0.3) is 11.8 Å². The van der Waals surface area contributed by atoms with Crippen LogP contribution in [0, 0.1) is 0 Å². The fraction of sp³-hybridized carbons (Fsp3) is 0.273. The van der Waals surface area contributed by atoms with Gasteiger partial charge in [-0.3, -0.25) is 14.4 Å². The third-order valence-corrected chi connectivity index (χ3v) is 2.34. The van der Waals surface area contributed by atoms with E-state index >= 15 is 0 Å². The molecule has 0 saturated carbocycles. The molecular weight excluding hydrogens is 244 g/mol. The normalized spacial score (nSPS) is 19.4. The van der Waals surface area contributed by atoms with E-state index in [9.17, 15) is 9.59 Å². The zero-order valence-electron chi connectivity index (χ0n) is 9.04. The summed E-state index contributed by atoms with van der Waals surface area (Å²) in [6, 6.07) is 8.54. The van der Waals surface area contributed by atoms with Crippen molar-refractivity contribution >= 4 is 24.2 Å². The van der Waals surface area contributed by atoms with Crippen LogP contribution in [0.3, 0.4) is 0 Å². The van der Waals surface area contributed by atoms with Crippen LogP contribution in [-0.4, -0.2) is 22.9 Å². The summed E-state index contributed by atoms with van der Waals surface area (Å²) in [5, 5.41) is 0.762. The van der Waals surface area contributed by atoms with Gasteiger partial charge in [0.05, 0.1) is 12.5 Å². The fourth-order valence-electron chi connectivity index (χ4n) is 1.48. The number of imide groups is 1. The molecule has 1 saturated heterocycles. The van der Waals surface area contributed by atoms with Crippen LogP contribution in [0.25, 0.3) is 0 Å². The zero-order chi connectivity index (χ0) is 11.5. The molecule has 0 unspecified atom stereocenters. The molecule has 1 fully saturated rings. The topological polar surface area (TPSA) is 72.6 Å². The summed E-state index contributed by atoms with van der Waals surface area (Å²) >= 11 is 0. The molecule has 1 heterocycles. The van der Waals surface area contributed by atoms with Crippen LogP contribution in [0.5, 0.6) is 0 Å². The summed E-state index contributed by atoms with van der Waals surface area (Å²) < 4.78 is 0. The number of hydroxylamine groups is 2. The molecule has 1 aromatic carbocycles. The lowest BCUT2D eigenvalue weighted by molar-refractivity contribution is -0.191. The lowest BCUT2D eigenvalue weighted by Crippen LogP contribution is -2.35. The number of nitrogens with two attached hydrogens (primary N) is 1. The van der Waals surface area contributed by atoms with Gasteiger partial charge in [-0.25, -0.2) is 0 Å². The van der Waals surface area contributed by atoms with Gasteiger partial charge in [0.2, 0.25) is 0 Å². The summed E-state index contributed by atoms with van der Waals surface area (Å²) in [6.45, 7) is 0.186. The SMILES string of the molecule is Cl.N[C@H]1CC(=O)N(OCc2ccccc2)C1=O. The van der Waals surface area contributed by atoms with Gasteiger partial charge in [0, 0.05) is 0 Å². The predicted octanol–water partition coefficient (Wildman–Crippen LogP) is 0.626. The second-order valence-corrected chi connectivity index (χ2v) is 3.60. The highest BCUT2D eigenvalue weighted by atomic mass is 35.5. The quantitative estimate of drug-likeness (QED) is 0.805. The standard InChI is InChI=1S/C11H12N2O3.ClH/c12-9-6-10(14)13(11(9)15)16-7-8-4-2-1-3-5-8;/h1-5,9H,6-7,12H2;1H/t9-;/m0./s1. The van der Waals surface area contributed by atoms with E-state index in [1.54, 1.807) is 0 Å². The van der Waals surface area contributed by atoms with Gasteiger partial charge in [-0.2, -0.15) is 5.06 Å². The first-order valence-corrected chi connectivity index (χ1v) is 4.97. The van der Waals surface area contributed by atoms with E-state index in [1.165, 1.54) is 0 Å². The molecule has 2 amide bonds. The minimum absolute atomic E-state index is 0. The van der Waals surface area contributed by atoms with E-state index < -0.39 is 11.9 Å². The number of rotatable bonds is 3. The Hall–Kier alpha value is -1.43. The molecule has 1 aromatic rings. The molecular formula is C11H13ClN2O3. The van der Waals surface area contributed by atoms with E-state index in [1.807, 2.05) is 30.3 Å². The van der Waals surface area contributed by atoms with Gasteiger partial charge in [-0.1, -0.05) is 30.3 Å². The molecule has 2 rings (SSSR count).